The molecule has 1 heterocycles. The van der Waals surface area contributed by atoms with Crippen LogP contribution in [0.1, 0.15) is 0 Å². The summed E-state index contributed by atoms with van der Waals surface area (Å²) in [6.07, 6.45) is 0. The standard InChI is InChI=1S/C6H12F2NP/c1-9-3-5(2-7)6(8,10)4-9/h5H,2-4,10H2,1H3. The maximum Gasteiger partial charge on any atom is 0.142 e. The molecule has 1 rings (SSSR count). The zero-order valence-corrected chi connectivity index (χ0v) is 7.13. The van der Waals surface area contributed by atoms with Gasteiger partial charge in [-0.25, -0.2) is 4.39 Å². The Balaban J connectivity index is 2.58. The molecule has 0 saturated carbocycles. The quantitative estimate of drug-likeness (QED) is 0.528. The van der Waals surface area contributed by atoms with Crippen LogP contribution < -0.4 is 0 Å². The Bertz CT molecular complexity index is 129. The van der Waals surface area contributed by atoms with Gasteiger partial charge in [0.2, 0.25) is 0 Å². The van der Waals surface area contributed by atoms with E-state index in [0.717, 1.165) is 0 Å². The monoisotopic (exact) mass is 167 g/mol. The van der Waals surface area contributed by atoms with Crippen molar-refractivity contribution in [2.75, 3.05) is 26.8 Å². The molecule has 1 saturated heterocycles. The van der Waals surface area contributed by atoms with Crippen molar-refractivity contribution < 1.29 is 8.78 Å². The van der Waals surface area contributed by atoms with Crippen molar-refractivity contribution in [3.63, 3.8) is 0 Å². The van der Waals surface area contributed by atoms with E-state index >= 15 is 0 Å². The molecule has 0 amide bonds. The number of nitrogens with zero attached hydrogens (tertiary/aromatic N) is 1. The molecule has 0 bridgehead atoms. The fraction of sp³-hybridized carbons (Fsp3) is 1.00. The average Bonchev–Trinajstić information content (AvgIpc) is 2.04. The Morgan fingerprint density at radius 2 is 2.40 bits per heavy atom. The van der Waals surface area contributed by atoms with E-state index in [9.17, 15) is 8.78 Å². The summed E-state index contributed by atoms with van der Waals surface area (Å²) in [5.41, 5.74) is 0. The van der Waals surface area contributed by atoms with Gasteiger partial charge in [-0.15, -0.1) is 0 Å². The molecule has 3 atom stereocenters. The van der Waals surface area contributed by atoms with Crippen LogP contribution >= 0.6 is 9.24 Å². The third kappa shape index (κ3) is 1.46. The predicted octanol–water partition coefficient (Wildman–Crippen LogP) is 1.06. The van der Waals surface area contributed by atoms with E-state index in [1.165, 1.54) is 0 Å². The number of likely N-dealkylation sites (tertiary alicyclic amines) is 1. The SMILES string of the molecule is CN1CC(CF)C(F)(P)C1. The lowest BCUT2D eigenvalue weighted by atomic mass is 10.1. The summed E-state index contributed by atoms with van der Waals surface area (Å²) in [6, 6.07) is 0. The normalized spacial score (nSPS) is 42.6. The lowest BCUT2D eigenvalue weighted by Gasteiger charge is -2.17. The molecule has 0 aromatic rings. The van der Waals surface area contributed by atoms with Crippen molar-refractivity contribution in [3.05, 3.63) is 0 Å². The van der Waals surface area contributed by atoms with Crippen molar-refractivity contribution in [2.45, 2.75) is 5.41 Å². The zero-order chi connectivity index (χ0) is 7.78. The third-order valence-electron chi connectivity index (χ3n) is 1.91. The van der Waals surface area contributed by atoms with E-state index in [-0.39, 0.29) is 0 Å². The van der Waals surface area contributed by atoms with Crippen LogP contribution in [-0.4, -0.2) is 37.1 Å². The van der Waals surface area contributed by atoms with E-state index < -0.39 is 18.0 Å². The smallest absolute Gasteiger partial charge is 0.142 e. The fourth-order valence-corrected chi connectivity index (χ4v) is 1.82. The van der Waals surface area contributed by atoms with Crippen molar-refractivity contribution in [2.24, 2.45) is 5.92 Å². The average molecular weight is 167 g/mol. The van der Waals surface area contributed by atoms with Crippen molar-refractivity contribution in [3.8, 4) is 0 Å². The van der Waals surface area contributed by atoms with Crippen LogP contribution in [-0.2, 0) is 0 Å². The highest BCUT2D eigenvalue weighted by Crippen LogP contribution is 2.36. The Kier molecular flexibility index (Phi) is 2.26. The molecule has 10 heavy (non-hydrogen) atoms. The van der Waals surface area contributed by atoms with Gasteiger partial charge in [-0.1, -0.05) is 9.24 Å². The fourth-order valence-electron chi connectivity index (χ4n) is 1.31. The molecule has 0 aromatic heterocycles. The number of halogens is 2. The molecule has 60 valence electrons. The van der Waals surface area contributed by atoms with E-state index in [2.05, 4.69) is 9.24 Å². The molecule has 0 radical (unpaired) electrons. The molecule has 1 nitrogen and oxygen atoms in total. The second-order valence-electron chi connectivity index (χ2n) is 2.97. The molecular formula is C6H12F2NP. The summed E-state index contributed by atoms with van der Waals surface area (Å²) >= 11 is 0. The van der Waals surface area contributed by atoms with Gasteiger partial charge < -0.3 is 4.90 Å². The van der Waals surface area contributed by atoms with Crippen LogP contribution in [0.25, 0.3) is 0 Å². The summed E-state index contributed by atoms with van der Waals surface area (Å²) < 4.78 is 25.3. The Hall–Kier alpha value is 0.250. The second kappa shape index (κ2) is 2.71. The molecule has 0 N–H and O–H groups in total. The minimum absolute atomic E-state index is 0.326. The highest BCUT2D eigenvalue weighted by Gasteiger charge is 2.42. The molecule has 1 aliphatic rings. The van der Waals surface area contributed by atoms with E-state index in [4.69, 9.17) is 0 Å². The van der Waals surface area contributed by atoms with E-state index in [0.29, 0.717) is 13.1 Å². The van der Waals surface area contributed by atoms with Crippen LogP contribution in [0.4, 0.5) is 8.78 Å². The molecular weight excluding hydrogens is 155 g/mol. The van der Waals surface area contributed by atoms with Gasteiger partial charge in [-0.3, -0.25) is 4.39 Å². The predicted molar refractivity (Wildman–Crippen MR) is 40.5 cm³/mol. The summed E-state index contributed by atoms with van der Waals surface area (Å²) in [7, 11) is 3.89. The van der Waals surface area contributed by atoms with E-state index in [1.807, 2.05) is 0 Å². The topological polar surface area (TPSA) is 3.24 Å². The van der Waals surface area contributed by atoms with Gasteiger partial charge >= 0.3 is 0 Å². The molecule has 0 spiro atoms. The van der Waals surface area contributed by atoms with Gasteiger partial charge in [0.1, 0.15) is 5.41 Å². The molecule has 1 aliphatic heterocycles. The van der Waals surface area contributed by atoms with Crippen molar-refractivity contribution in [1.29, 1.82) is 0 Å². The summed E-state index contributed by atoms with van der Waals surface area (Å²) in [5, 5.41) is -1.40. The van der Waals surface area contributed by atoms with Crippen LogP contribution in [0.2, 0.25) is 0 Å². The zero-order valence-electron chi connectivity index (χ0n) is 5.98. The minimum Gasteiger partial charge on any atom is -0.302 e. The minimum atomic E-state index is -1.40. The first-order valence-electron chi connectivity index (χ1n) is 3.28. The highest BCUT2D eigenvalue weighted by molar-refractivity contribution is 7.18. The lowest BCUT2D eigenvalue weighted by molar-refractivity contribution is 0.205. The Morgan fingerprint density at radius 3 is 2.60 bits per heavy atom. The van der Waals surface area contributed by atoms with Crippen LogP contribution in [0.3, 0.4) is 0 Å². The van der Waals surface area contributed by atoms with Crippen molar-refractivity contribution >= 4 is 9.24 Å². The van der Waals surface area contributed by atoms with Gasteiger partial charge in [-0.05, 0) is 7.05 Å². The molecule has 0 aromatic carbocycles. The second-order valence-corrected chi connectivity index (χ2v) is 3.93. The lowest BCUT2D eigenvalue weighted by Crippen LogP contribution is -2.26. The van der Waals surface area contributed by atoms with Crippen LogP contribution in [0.15, 0.2) is 0 Å². The van der Waals surface area contributed by atoms with Gasteiger partial charge in [0.05, 0.1) is 6.67 Å². The largest absolute Gasteiger partial charge is 0.302 e. The number of alkyl halides is 2. The number of hydrogen-bond donors (Lipinski definition) is 0. The Labute approximate surface area is 62.0 Å². The maximum absolute atomic E-state index is 13.2. The van der Waals surface area contributed by atoms with Crippen LogP contribution in [0, 0.1) is 5.92 Å². The highest BCUT2D eigenvalue weighted by atomic mass is 31.0. The van der Waals surface area contributed by atoms with Gasteiger partial charge in [-0.2, -0.15) is 0 Å². The molecule has 0 aliphatic carbocycles. The Morgan fingerprint density at radius 1 is 1.80 bits per heavy atom. The first-order chi connectivity index (χ1) is 4.56. The first kappa shape index (κ1) is 8.35. The molecule has 1 fully saturated rings. The van der Waals surface area contributed by atoms with Gasteiger partial charge in [0.25, 0.3) is 0 Å². The summed E-state index contributed by atoms with van der Waals surface area (Å²) in [5.74, 6) is -0.456. The van der Waals surface area contributed by atoms with Gasteiger partial charge in [0, 0.05) is 19.0 Å². The summed E-state index contributed by atoms with van der Waals surface area (Å²) in [4.78, 5) is 1.80. The number of rotatable bonds is 1. The van der Waals surface area contributed by atoms with Gasteiger partial charge in [0.15, 0.2) is 0 Å². The third-order valence-corrected chi connectivity index (χ3v) is 2.56. The molecule has 3 unspecified atom stereocenters. The summed E-state index contributed by atoms with van der Waals surface area (Å²) in [6.45, 7) is 0.285. The first-order valence-corrected chi connectivity index (χ1v) is 3.86. The molecule has 4 heteroatoms. The number of hydrogen-bond acceptors (Lipinski definition) is 1. The van der Waals surface area contributed by atoms with Crippen LogP contribution in [0.5, 0.6) is 0 Å². The maximum atomic E-state index is 13.2. The van der Waals surface area contributed by atoms with E-state index in [1.54, 1.807) is 11.9 Å². The van der Waals surface area contributed by atoms with Crippen molar-refractivity contribution in [1.82, 2.24) is 4.90 Å².